The van der Waals surface area contributed by atoms with Gasteiger partial charge in [0.15, 0.2) is 0 Å². The highest BCUT2D eigenvalue weighted by molar-refractivity contribution is 5.81. The summed E-state index contributed by atoms with van der Waals surface area (Å²) in [7, 11) is 0. The molecule has 1 fully saturated rings. The van der Waals surface area contributed by atoms with Crippen LogP contribution in [0.1, 0.15) is 54.4 Å². The molecule has 1 saturated heterocycles. The Morgan fingerprint density at radius 3 is 2.31 bits per heavy atom. The van der Waals surface area contributed by atoms with Crippen LogP contribution >= 0.6 is 0 Å². The van der Waals surface area contributed by atoms with Gasteiger partial charge in [-0.1, -0.05) is 6.07 Å². The number of rotatable bonds is 3. The summed E-state index contributed by atoms with van der Waals surface area (Å²) in [5.74, 6) is -1.37. The molecule has 2 aromatic rings. The van der Waals surface area contributed by atoms with Crippen molar-refractivity contribution >= 4 is 11.4 Å². The summed E-state index contributed by atoms with van der Waals surface area (Å²) in [4.78, 5) is 4.37. The van der Waals surface area contributed by atoms with Gasteiger partial charge in [0.2, 0.25) is 0 Å². The van der Waals surface area contributed by atoms with Crippen molar-refractivity contribution in [3.8, 4) is 0 Å². The molecule has 190 valence electrons. The molecule has 10 heteroatoms. The Kier molecular flexibility index (Phi) is 5.93. The SMILES string of the molecule is CC1CCc2cc(C(F)(F)F)cc3c2N1C(CN1CCC(c2ccc(F)c(C(F)(F)F)c2)CC1)N3. The van der Waals surface area contributed by atoms with Crippen molar-refractivity contribution in [3.05, 3.63) is 58.4 Å². The molecular weight excluding hydrogens is 475 g/mol. The molecule has 2 aromatic carbocycles. The van der Waals surface area contributed by atoms with Gasteiger partial charge in [0.1, 0.15) is 12.0 Å². The van der Waals surface area contributed by atoms with Gasteiger partial charge in [0.25, 0.3) is 0 Å². The van der Waals surface area contributed by atoms with Crippen LogP contribution in [0.5, 0.6) is 0 Å². The Morgan fingerprint density at radius 2 is 1.66 bits per heavy atom. The number of aryl methyl sites for hydroxylation is 1. The van der Waals surface area contributed by atoms with Crippen molar-refractivity contribution in [1.82, 2.24) is 4.90 Å². The van der Waals surface area contributed by atoms with Gasteiger partial charge in [-0.25, -0.2) is 4.39 Å². The van der Waals surface area contributed by atoms with E-state index in [-0.39, 0.29) is 18.1 Å². The summed E-state index contributed by atoms with van der Waals surface area (Å²) in [6.45, 7) is 3.94. The highest BCUT2D eigenvalue weighted by atomic mass is 19.4. The van der Waals surface area contributed by atoms with E-state index in [1.165, 1.54) is 18.2 Å². The Balaban J connectivity index is 1.28. The second-order valence-corrected chi connectivity index (χ2v) is 9.80. The van der Waals surface area contributed by atoms with Crippen LogP contribution < -0.4 is 10.2 Å². The molecule has 2 atom stereocenters. The highest BCUT2D eigenvalue weighted by Crippen LogP contribution is 2.47. The summed E-state index contributed by atoms with van der Waals surface area (Å²) in [6.07, 6.45) is -6.71. The molecular formula is C25H26F7N3. The predicted molar refractivity (Wildman–Crippen MR) is 119 cm³/mol. The number of halogens is 7. The van der Waals surface area contributed by atoms with Gasteiger partial charge in [-0.2, -0.15) is 26.3 Å². The molecule has 3 aliphatic heterocycles. The van der Waals surface area contributed by atoms with E-state index in [4.69, 9.17) is 0 Å². The third kappa shape index (κ3) is 4.57. The lowest BCUT2D eigenvalue weighted by Crippen LogP contribution is -2.51. The van der Waals surface area contributed by atoms with E-state index in [1.54, 1.807) is 0 Å². The number of benzene rings is 2. The number of hydrogen-bond acceptors (Lipinski definition) is 3. The molecule has 0 radical (unpaired) electrons. The molecule has 3 heterocycles. The standard InChI is InChI=1S/C25H26F7N3/c1-14-2-3-17-10-18(24(27,28)29)12-21-23(17)35(14)22(33-21)13-34-8-6-15(7-9-34)16-4-5-20(26)19(11-16)25(30,31)32/h4-5,10-12,14-15,22,33H,2-3,6-9,13H2,1H3. The zero-order chi connectivity index (χ0) is 25.1. The summed E-state index contributed by atoms with van der Waals surface area (Å²) < 4.78 is 93.1. The first-order valence-corrected chi connectivity index (χ1v) is 11.8. The van der Waals surface area contributed by atoms with Crippen LogP contribution in [0.15, 0.2) is 30.3 Å². The summed E-state index contributed by atoms with van der Waals surface area (Å²) >= 11 is 0. The number of anilines is 2. The smallest absolute Gasteiger partial charge is 0.362 e. The average molecular weight is 501 g/mol. The second kappa shape index (κ2) is 8.57. The molecule has 3 aliphatic rings. The van der Waals surface area contributed by atoms with Gasteiger partial charge >= 0.3 is 12.4 Å². The van der Waals surface area contributed by atoms with Crippen LogP contribution in [-0.4, -0.2) is 36.7 Å². The Morgan fingerprint density at radius 1 is 0.943 bits per heavy atom. The molecule has 5 rings (SSSR count). The van der Waals surface area contributed by atoms with E-state index in [1.807, 2.05) is 0 Å². The normalized spacial score (nSPS) is 23.4. The van der Waals surface area contributed by atoms with Crippen LogP contribution in [0, 0.1) is 5.82 Å². The van der Waals surface area contributed by atoms with Crippen molar-refractivity contribution in [2.45, 2.75) is 63.1 Å². The fourth-order valence-electron chi connectivity index (χ4n) is 5.74. The quantitative estimate of drug-likeness (QED) is 0.476. The number of nitrogens with one attached hydrogen (secondary N) is 1. The second-order valence-electron chi connectivity index (χ2n) is 9.80. The zero-order valence-corrected chi connectivity index (χ0v) is 19.1. The average Bonchev–Trinajstić information content (AvgIpc) is 3.15. The van der Waals surface area contributed by atoms with Gasteiger partial charge in [-0.05, 0) is 87.0 Å². The van der Waals surface area contributed by atoms with Gasteiger partial charge in [0, 0.05) is 12.6 Å². The van der Waals surface area contributed by atoms with Crippen LogP contribution in [0.3, 0.4) is 0 Å². The fourth-order valence-corrected chi connectivity index (χ4v) is 5.74. The van der Waals surface area contributed by atoms with Crippen molar-refractivity contribution in [1.29, 1.82) is 0 Å². The first kappa shape index (κ1) is 24.2. The van der Waals surface area contributed by atoms with Crippen molar-refractivity contribution in [3.63, 3.8) is 0 Å². The molecule has 3 nitrogen and oxygen atoms in total. The molecule has 1 N–H and O–H groups in total. The molecule has 0 aromatic heterocycles. The lowest BCUT2D eigenvalue weighted by atomic mass is 9.88. The Labute approximate surface area is 198 Å². The minimum atomic E-state index is -4.74. The maximum Gasteiger partial charge on any atom is 0.419 e. The van der Waals surface area contributed by atoms with Crippen molar-refractivity contribution in [2.24, 2.45) is 0 Å². The first-order valence-electron chi connectivity index (χ1n) is 11.8. The molecule has 0 saturated carbocycles. The largest absolute Gasteiger partial charge is 0.419 e. The predicted octanol–water partition coefficient (Wildman–Crippen LogP) is 6.64. The zero-order valence-electron chi connectivity index (χ0n) is 19.1. The molecule has 0 aliphatic carbocycles. The summed E-state index contributed by atoms with van der Waals surface area (Å²) in [5, 5.41) is 3.30. The van der Waals surface area contributed by atoms with E-state index in [9.17, 15) is 30.7 Å². The minimum Gasteiger partial charge on any atom is -0.362 e. The molecule has 0 spiro atoms. The maximum atomic E-state index is 13.7. The Hall–Kier alpha value is -2.49. The Bertz CT molecular complexity index is 1100. The third-order valence-electron chi connectivity index (χ3n) is 7.52. The van der Waals surface area contributed by atoms with Crippen molar-refractivity contribution < 1.29 is 30.7 Å². The number of hydrogen-bond donors (Lipinski definition) is 1. The van der Waals surface area contributed by atoms with E-state index in [0.29, 0.717) is 55.7 Å². The van der Waals surface area contributed by atoms with Crippen LogP contribution in [0.4, 0.5) is 42.1 Å². The van der Waals surface area contributed by atoms with Gasteiger partial charge in [0.05, 0.1) is 22.5 Å². The van der Waals surface area contributed by atoms with Crippen LogP contribution in [0.2, 0.25) is 0 Å². The molecule has 0 bridgehead atoms. The number of likely N-dealkylation sites (tertiary alicyclic amines) is 1. The van der Waals surface area contributed by atoms with E-state index in [2.05, 4.69) is 22.0 Å². The van der Waals surface area contributed by atoms with Crippen molar-refractivity contribution in [2.75, 3.05) is 29.9 Å². The lowest BCUT2D eigenvalue weighted by Gasteiger charge is -2.40. The van der Waals surface area contributed by atoms with E-state index < -0.39 is 29.3 Å². The molecule has 0 amide bonds. The third-order valence-corrected chi connectivity index (χ3v) is 7.52. The maximum absolute atomic E-state index is 13.7. The molecule has 2 unspecified atom stereocenters. The fraction of sp³-hybridized carbons (Fsp3) is 0.520. The van der Waals surface area contributed by atoms with Gasteiger partial charge in [-0.15, -0.1) is 0 Å². The highest BCUT2D eigenvalue weighted by Gasteiger charge is 2.41. The topological polar surface area (TPSA) is 18.5 Å². The van der Waals surface area contributed by atoms with Crippen LogP contribution in [0.25, 0.3) is 0 Å². The lowest BCUT2D eigenvalue weighted by molar-refractivity contribution is -0.140. The number of piperidine rings is 1. The first-order chi connectivity index (χ1) is 16.4. The van der Waals surface area contributed by atoms with Gasteiger partial charge < -0.3 is 10.2 Å². The van der Waals surface area contributed by atoms with Crippen LogP contribution in [-0.2, 0) is 18.8 Å². The van der Waals surface area contributed by atoms with Gasteiger partial charge in [-0.3, -0.25) is 4.90 Å². The minimum absolute atomic E-state index is 0.100. The monoisotopic (exact) mass is 501 g/mol. The number of alkyl halides is 6. The van der Waals surface area contributed by atoms with E-state index >= 15 is 0 Å². The summed E-state index contributed by atoms with van der Waals surface area (Å²) in [6, 6.07) is 5.84. The number of nitrogens with zero attached hydrogens (tertiary/aromatic N) is 2. The molecule has 35 heavy (non-hydrogen) atoms. The summed E-state index contributed by atoms with van der Waals surface area (Å²) in [5.41, 5.74) is 0.665. The van der Waals surface area contributed by atoms with E-state index in [0.717, 1.165) is 24.2 Å².